The van der Waals surface area contributed by atoms with Crippen LogP contribution in [0.25, 0.3) is 22.2 Å². The Hall–Kier alpha value is -1.95. The highest BCUT2D eigenvalue weighted by atomic mass is 32.3. The summed E-state index contributed by atoms with van der Waals surface area (Å²) in [7, 11) is -2.38. The Labute approximate surface area is 177 Å². The molecule has 1 aliphatic heterocycles. The summed E-state index contributed by atoms with van der Waals surface area (Å²) in [6, 6.07) is 10.3. The normalized spacial score (nSPS) is 20.1. The summed E-state index contributed by atoms with van der Waals surface area (Å²) < 4.78 is 47.4. The van der Waals surface area contributed by atoms with Crippen molar-refractivity contribution in [3.05, 3.63) is 48.3 Å². The molecule has 1 saturated heterocycles. The van der Waals surface area contributed by atoms with Crippen molar-refractivity contribution in [2.24, 2.45) is 0 Å². The van der Waals surface area contributed by atoms with E-state index in [9.17, 15) is 17.5 Å². The lowest BCUT2D eigenvalue weighted by Gasteiger charge is -2.26. The fourth-order valence-electron chi connectivity index (χ4n) is 3.77. The van der Waals surface area contributed by atoms with E-state index in [-0.39, 0.29) is 16.4 Å². The van der Waals surface area contributed by atoms with Crippen LogP contribution in [0, 0.1) is 0 Å². The summed E-state index contributed by atoms with van der Waals surface area (Å²) in [6.07, 6.45) is 2.16. The van der Waals surface area contributed by atoms with Gasteiger partial charge in [0.1, 0.15) is 5.65 Å². The van der Waals surface area contributed by atoms with Crippen molar-refractivity contribution in [1.82, 2.24) is 19.6 Å². The molecule has 0 aliphatic carbocycles. The fraction of sp³-hybridized carbons (Fsp3) is 0.350. The monoisotopic (exact) mass is 450 g/mol. The van der Waals surface area contributed by atoms with Gasteiger partial charge in [-0.1, -0.05) is 12.1 Å². The Balaban J connectivity index is 1.58. The largest absolute Gasteiger partial charge is 0.342 e. The maximum atomic E-state index is 12.7. The highest BCUT2D eigenvalue weighted by Crippen LogP contribution is 2.45. The second-order valence-corrected chi connectivity index (χ2v) is 12.0. The van der Waals surface area contributed by atoms with Crippen molar-refractivity contribution in [3.8, 4) is 11.1 Å². The first kappa shape index (κ1) is 21.3. The number of nitrogens with one attached hydrogen (secondary N) is 2. The molecule has 1 aliphatic rings. The Morgan fingerprint density at radius 1 is 1.23 bits per heavy atom. The van der Waals surface area contributed by atoms with Gasteiger partial charge in [-0.15, -0.1) is 0 Å². The first-order valence-corrected chi connectivity index (χ1v) is 13.0. The van der Waals surface area contributed by atoms with Crippen LogP contribution in [0.5, 0.6) is 0 Å². The summed E-state index contributed by atoms with van der Waals surface area (Å²) in [4.78, 5) is 9.95. The minimum atomic E-state index is -3.73. The minimum Gasteiger partial charge on any atom is -0.342 e. The molecular weight excluding hydrogens is 424 g/mol. The molecule has 0 saturated carbocycles. The number of hydrogen-bond donors (Lipinski definition) is 4. The molecule has 3 heterocycles. The van der Waals surface area contributed by atoms with Gasteiger partial charge in [0, 0.05) is 35.6 Å². The summed E-state index contributed by atoms with van der Waals surface area (Å²) in [5, 5.41) is 0.985. The second-order valence-electron chi connectivity index (χ2n) is 7.96. The molecule has 0 unspecified atom stereocenters. The van der Waals surface area contributed by atoms with E-state index < -0.39 is 26.7 Å². The van der Waals surface area contributed by atoms with Crippen LogP contribution >= 0.6 is 10.6 Å². The van der Waals surface area contributed by atoms with Crippen molar-refractivity contribution >= 4 is 31.6 Å². The number of nitrogens with zero attached hydrogens (tertiary/aromatic N) is 2. The SMILES string of the molecule is CN(C)Cc1cc2c(-c3ccc(S(=O)(=O)N[C@H]4CCS(O)(O)C4)cc3)ccnc2[nH]1. The van der Waals surface area contributed by atoms with Crippen LogP contribution in [0.2, 0.25) is 0 Å². The van der Waals surface area contributed by atoms with E-state index in [4.69, 9.17) is 0 Å². The van der Waals surface area contributed by atoms with Crippen LogP contribution in [0.1, 0.15) is 12.1 Å². The second kappa shape index (κ2) is 7.95. The van der Waals surface area contributed by atoms with Gasteiger partial charge in [-0.3, -0.25) is 9.11 Å². The molecule has 1 aromatic carbocycles. The molecule has 1 atom stereocenters. The number of sulfonamides is 1. The lowest BCUT2D eigenvalue weighted by molar-refractivity contribution is 0.398. The molecule has 8 nitrogen and oxygen atoms in total. The van der Waals surface area contributed by atoms with Crippen LogP contribution in [0.4, 0.5) is 0 Å². The van der Waals surface area contributed by atoms with Crippen molar-refractivity contribution in [1.29, 1.82) is 0 Å². The summed E-state index contributed by atoms with van der Waals surface area (Å²) in [6.45, 7) is 0.768. The molecule has 4 rings (SSSR count). The third-order valence-electron chi connectivity index (χ3n) is 5.13. The minimum absolute atomic E-state index is 0.0715. The predicted molar refractivity (Wildman–Crippen MR) is 120 cm³/mol. The van der Waals surface area contributed by atoms with Crippen LogP contribution in [-0.2, 0) is 16.6 Å². The predicted octanol–water partition coefficient (Wildman–Crippen LogP) is 3.09. The Morgan fingerprint density at radius 2 is 1.97 bits per heavy atom. The Morgan fingerprint density at radius 3 is 2.60 bits per heavy atom. The van der Waals surface area contributed by atoms with Crippen LogP contribution in [0.3, 0.4) is 0 Å². The standard InChI is InChI=1S/C20H26N4O4S2/c1-24(2)12-16-11-19-18(7-9-21-20(19)22-16)14-3-5-17(6-4-14)30(27,28)23-15-8-10-29(25,26)13-15/h3-7,9,11,15,23,25-26H,8,10,12-13H2,1-2H3,(H,21,22)/t15-/m0/s1. The molecule has 30 heavy (non-hydrogen) atoms. The van der Waals surface area contributed by atoms with Crippen molar-refractivity contribution in [2.75, 3.05) is 25.6 Å². The third kappa shape index (κ3) is 4.53. The molecule has 10 heteroatoms. The van der Waals surface area contributed by atoms with Gasteiger partial charge < -0.3 is 9.88 Å². The number of fused-ring (bicyclic) bond motifs is 1. The van der Waals surface area contributed by atoms with E-state index in [1.807, 2.05) is 20.2 Å². The first-order valence-electron chi connectivity index (χ1n) is 9.61. The number of pyridine rings is 1. The molecule has 4 N–H and O–H groups in total. The molecule has 0 amide bonds. The maximum absolute atomic E-state index is 12.7. The average Bonchev–Trinajstić information content (AvgIpc) is 3.22. The van der Waals surface area contributed by atoms with E-state index in [0.717, 1.165) is 34.4 Å². The van der Waals surface area contributed by atoms with Crippen LogP contribution < -0.4 is 4.72 Å². The molecule has 0 radical (unpaired) electrons. The average molecular weight is 451 g/mol. The van der Waals surface area contributed by atoms with Crippen molar-refractivity contribution in [3.63, 3.8) is 0 Å². The molecule has 162 valence electrons. The van der Waals surface area contributed by atoms with Gasteiger partial charge in [0.15, 0.2) is 0 Å². The highest BCUT2D eigenvalue weighted by Gasteiger charge is 2.31. The topological polar surface area (TPSA) is 119 Å². The van der Waals surface area contributed by atoms with Crippen LogP contribution in [0.15, 0.2) is 47.5 Å². The summed E-state index contributed by atoms with van der Waals surface area (Å²) >= 11 is 0. The molecule has 1 fully saturated rings. The van der Waals surface area contributed by atoms with Gasteiger partial charge in [-0.25, -0.2) is 18.1 Å². The summed E-state index contributed by atoms with van der Waals surface area (Å²) in [5.74, 6) is 0.311. The van der Waals surface area contributed by atoms with Gasteiger partial charge in [0.2, 0.25) is 10.0 Å². The van der Waals surface area contributed by atoms with E-state index in [1.54, 1.807) is 30.5 Å². The zero-order valence-electron chi connectivity index (χ0n) is 16.9. The van der Waals surface area contributed by atoms with E-state index in [1.165, 1.54) is 0 Å². The maximum Gasteiger partial charge on any atom is 0.240 e. The van der Waals surface area contributed by atoms with E-state index >= 15 is 0 Å². The van der Waals surface area contributed by atoms with E-state index in [2.05, 4.69) is 25.7 Å². The van der Waals surface area contributed by atoms with Gasteiger partial charge in [0.05, 0.1) is 10.6 Å². The van der Waals surface area contributed by atoms with E-state index in [0.29, 0.717) is 6.42 Å². The van der Waals surface area contributed by atoms with Crippen LogP contribution in [-0.4, -0.2) is 64.0 Å². The number of aromatic amines is 1. The molecular formula is C20H26N4O4S2. The zero-order chi connectivity index (χ0) is 21.5. The third-order valence-corrected chi connectivity index (χ3v) is 8.50. The number of benzene rings is 1. The van der Waals surface area contributed by atoms with Gasteiger partial charge in [-0.05, 0) is 55.9 Å². The van der Waals surface area contributed by atoms with Crippen molar-refractivity contribution in [2.45, 2.75) is 23.9 Å². The number of rotatable bonds is 6. The number of aromatic nitrogens is 2. The molecule has 2 aromatic heterocycles. The zero-order valence-corrected chi connectivity index (χ0v) is 18.5. The lowest BCUT2D eigenvalue weighted by Crippen LogP contribution is -2.35. The molecule has 0 bridgehead atoms. The quantitative estimate of drug-likeness (QED) is 0.458. The molecule has 3 aromatic rings. The smallest absolute Gasteiger partial charge is 0.240 e. The van der Waals surface area contributed by atoms with Gasteiger partial charge >= 0.3 is 0 Å². The Kier molecular flexibility index (Phi) is 5.64. The number of hydrogen-bond acceptors (Lipinski definition) is 6. The van der Waals surface area contributed by atoms with Gasteiger partial charge in [-0.2, -0.15) is 10.6 Å². The van der Waals surface area contributed by atoms with Crippen molar-refractivity contribution < 1.29 is 17.5 Å². The van der Waals surface area contributed by atoms with Gasteiger partial charge in [0.25, 0.3) is 0 Å². The Bertz CT molecular complexity index is 1160. The highest BCUT2D eigenvalue weighted by molar-refractivity contribution is 8.24. The lowest BCUT2D eigenvalue weighted by atomic mass is 10.0. The summed E-state index contributed by atoms with van der Waals surface area (Å²) in [5.41, 5.74) is 3.72. The first-order chi connectivity index (χ1) is 14.1. The fourth-order valence-corrected chi connectivity index (χ4v) is 6.87. The molecule has 0 spiro atoms. The number of H-pyrrole nitrogens is 1.